The van der Waals surface area contributed by atoms with Crippen molar-refractivity contribution in [3.8, 4) is 0 Å². The number of carbonyl (C=O) groups is 2. The fourth-order valence-corrected chi connectivity index (χ4v) is 2.62. The second-order valence-corrected chi connectivity index (χ2v) is 5.77. The minimum atomic E-state index is -0.663. The van der Waals surface area contributed by atoms with Crippen LogP contribution in [0.4, 0.5) is 0 Å². The van der Waals surface area contributed by atoms with Gasteiger partial charge in [0.15, 0.2) is 6.61 Å². The Labute approximate surface area is 151 Å². The highest BCUT2D eigenvalue weighted by atomic mass is 16.5. The molecule has 0 aliphatic heterocycles. The molecule has 1 N–H and O–H groups in total. The maximum absolute atomic E-state index is 12.3. The van der Waals surface area contributed by atoms with E-state index in [1.165, 1.54) is 12.3 Å². The molecule has 26 heavy (non-hydrogen) atoms. The molecule has 0 radical (unpaired) electrons. The van der Waals surface area contributed by atoms with Crippen molar-refractivity contribution in [1.29, 1.82) is 0 Å². The van der Waals surface area contributed by atoms with E-state index in [1.807, 2.05) is 60.7 Å². The molecular formula is C21H19NO4. The first-order valence-electron chi connectivity index (χ1n) is 8.31. The van der Waals surface area contributed by atoms with E-state index >= 15 is 0 Å². The maximum atomic E-state index is 12.3. The van der Waals surface area contributed by atoms with Crippen LogP contribution in [0.2, 0.25) is 0 Å². The molecule has 0 unspecified atom stereocenters. The second-order valence-electron chi connectivity index (χ2n) is 5.77. The van der Waals surface area contributed by atoms with Gasteiger partial charge in [0, 0.05) is 0 Å². The number of ether oxygens (including phenoxy) is 1. The molecule has 1 amide bonds. The molecule has 132 valence electrons. The molecule has 1 atom stereocenters. The lowest BCUT2D eigenvalue weighted by atomic mass is 9.99. The predicted octanol–water partition coefficient (Wildman–Crippen LogP) is 3.54. The fraction of sp³-hybridized carbons (Fsp3) is 0.143. The van der Waals surface area contributed by atoms with Crippen LogP contribution in [0.3, 0.4) is 0 Å². The van der Waals surface area contributed by atoms with E-state index < -0.39 is 5.97 Å². The second kappa shape index (κ2) is 8.67. The first-order valence-corrected chi connectivity index (χ1v) is 8.31. The molecule has 1 aromatic heterocycles. The van der Waals surface area contributed by atoms with E-state index in [4.69, 9.17) is 9.15 Å². The third kappa shape index (κ3) is 4.83. The zero-order valence-corrected chi connectivity index (χ0v) is 14.1. The summed E-state index contributed by atoms with van der Waals surface area (Å²) < 4.78 is 9.94. The summed E-state index contributed by atoms with van der Waals surface area (Å²) in [6, 6.07) is 22.5. The van der Waals surface area contributed by atoms with E-state index in [0.29, 0.717) is 6.42 Å². The summed E-state index contributed by atoms with van der Waals surface area (Å²) in [5, 5.41) is 2.94. The highest BCUT2D eigenvalue weighted by Gasteiger charge is 2.17. The summed E-state index contributed by atoms with van der Waals surface area (Å²) in [4.78, 5) is 24.0. The number of hydrogen-bond donors (Lipinski definition) is 1. The Balaban J connectivity index is 1.63. The van der Waals surface area contributed by atoms with Gasteiger partial charge in [0.2, 0.25) is 5.76 Å². The van der Waals surface area contributed by atoms with Crippen molar-refractivity contribution < 1.29 is 18.7 Å². The summed E-state index contributed by atoms with van der Waals surface area (Å²) in [5.41, 5.74) is 2.09. The smallest absolute Gasteiger partial charge is 0.374 e. The number of carbonyl (C=O) groups excluding carboxylic acids is 2. The Kier molecular flexibility index (Phi) is 5.83. The van der Waals surface area contributed by atoms with E-state index in [1.54, 1.807) is 6.07 Å². The van der Waals surface area contributed by atoms with E-state index in [9.17, 15) is 9.59 Å². The van der Waals surface area contributed by atoms with Gasteiger partial charge in [-0.25, -0.2) is 4.79 Å². The molecule has 5 heteroatoms. The summed E-state index contributed by atoms with van der Waals surface area (Å²) >= 11 is 0. The van der Waals surface area contributed by atoms with Gasteiger partial charge in [0.1, 0.15) is 0 Å². The van der Waals surface area contributed by atoms with Gasteiger partial charge in [-0.3, -0.25) is 4.79 Å². The molecule has 0 saturated carbocycles. The standard InChI is InChI=1S/C21H19NO4/c23-20(15-26-21(24)19-12-7-13-25-19)22-18(17-10-5-2-6-11-17)14-16-8-3-1-4-9-16/h1-13,18H,14-15H2,(H,22,23)/t18-/m1/s1. The molecule has 2 aromatic carbocycles. The van der Waals surface area contributed by atoms with E-state index in [0.717, 1.165) is 11.1 Å². The molecule has 0 aliphatic carbocycles. The van der Waals surface area contributed by atoms with Gasteiger partial charge in [-0.1, -0.05) is 60.7 Å². The van der Waals surface area contributed by atoms with Crippen LogP contribution < -0.4 is 5.32 Å². The zero-order chi connectivity index (χ0) is 18.2. The van der Waals surface area contributed by atoms with Crippen molar-refractivity contribution >= 4 is 11.9 Å². The third-order valence-electron chi connectivity index (χ3n) is 3.88. The summed E-state index contributed by atoms with van der Waals surface area (Å²) in [6.45, 7) is -0.363. The monoisotopic (exact) mass is 349 g/mol. The van der Waals surface area contributed by atoms with Crippen molar-refractivity contribution in [3.05, 3.63) is 95.9 Å². The van der Waals surface area contributed by atoms with Crippen molar-refractivity contribution in [2.24, 2.45) is 0 Å². The number of nitrogens with one attached hydrogen (secondary N) is 1. The topological polar surface area (TPSA) is 68.5 Å². The number of rotatable bonds is 7. The minimum Gasteiger partial charge on any atom is -0.457 e. The van der Waals surface area contributed by atoms with Crippen LogP contribution in [-0.4, -0.2) is 18.5 Å². The highest BCUT2D eigenvalue weighted by molar-refractivity contribution is 5.88. The SMILES string of the molecule is O=C(COC(=O)c1ccco1)N[C@H](Cc1ccccc1)c1ccccc1. The van der Waals surface area contributed by atoms with E-state index in [-0.39, 0.29) is 24.3 Å². The van der Waals surface area contributed by atoms with Crippen LogP contribution in [0.25, 0.3) is 0 Å². The average molecular weight is 349 g/mol. The van der Waals surface area contributed by atoms with Crippen molar-refractivity contribution in [2.75, 3.05) is 6.61 Å². The lowest BCUT2D eigenvalue weighted by molar-refractivity contribution is -0.125. The number of hydrogen-bond acceptors (Lipinski definition) is 4. The molecule has 3 aromatic rings. The zero-order valence-electron chi connectivity index (χ0n) is 14.1. The predicted molar refractivity (Wildman–Crippen MR) is 96.5 cm³/mol. The number of furan rings is 1. The van der Waals surface area contributed by atoms with Crippen LogP contribution in [0, 0.1) is 0 Å². The molecule has 0 spiro atoms. The van der Waals surface area contributed by atoms with Crippen molar-refractivity contribution in [2.45, 2.75) is 12.5 Å². The first kappa shape index (κ1) is 17.5. The van der Waals surface area contributed by atoms with Gasteiger partial charge in [-0.15, -0.1) is 0 Å². The minimum absolute atomic E-state index is 0.0710. The quantitative estimate of drug-likeness (QED) is 0.663. The van der Waals surface area contributed by atoms with Gasteiger partial charge in [0.05, 0.1) is 12.3 Å². The fourth-order valence-electron chi connectivity index (χ4n) is 2.62. The Morgan fingerprint density at radius 1 is 0.923 bits per heavy atom. The largest absolute Gasteiger partial charge is 0.457 e. The van der Waals surface area contributed by atoms with Crippen LogP contribution >= 0.6 is 0 Å². The Bertz CT molecular complexity index is 829. The van der Waals surface area contributed by atoms with Crippen molar-refractivity contribution in [3.63, 3.8) is 0 Å². The first-order chi connectivity index (χ1) is 12.7. The molecule has 1 heterocycles. The molecule has 3 rings (SSSR count). The Hall–Kier alpha value is -3.34. The molecule has 0 fully saturated rings. The summed E-state index contributed by atoms with van der Waals surface area (Å²) in [5.74, 6) is -0.958. The lowest BCUT2D eigenvalue weighted by Crippen LogP contribution is -2.33. The van der Waals surface area contributed by atoms with E-state index in [2.05, 4.69) is 5.32 Å². The number of benzene rings is 2. The van der Waals surface area contributed by atoms with Gasteiger partial charge in [-0.2, -0.15) is 0 Å². The summed E-state index contributed by atoms with van der Waals surface area (Å²) in [6.07, 6.45) is 2.02. The summed E-state index contributed by atoms with van der Waals surface area (Å²) in [7, 11) is 0. The third-order valence-corrected chi connectivity index (χ3v) is 3.88. The van der Waals surface area contributed by atoms with Crippen LogP contribution in [0.1, 0.15) is 27.7 Å². The van der Waals surface area contributed by atoms with Crippen LogP contribution in [-0.2, 0) is 16.0 Å². The molecule has 5 nitrogen and oxygen atoms in total. The highest BCUT2D eigenvalue weighted by Crippen LogP contribution is 2.18. The van der Waals surface area contributed by atoms with Gasteiger partial charge in [-0.05, 0) is 29.7 Å². The van der Waals surface area contributed by atoms with Gasteiger partial charge < -0.3 is 14.5 Å². The Morgan fingerprint density at radius 2 is 1.62 bits per heavy atom. The number of esters is 1. The average Bonchev–Trinajstić information content (AvgIpc) is 3.22. The van der Waals surface area contributed by atoms with Gasteiger partial charge >= 0.3 is 5.97 Å². The molecule has 0 aliphatic rings. The Morgan fingerprint density at radius 3 is 2.27 bits per heavy atom. The molecule has 0 bridgehead atoms. The molecular weight excluding hydrogens is 330 g/mol. The number of amides is 1. The normalized spacial score (nSPS) is 11.5. The van der Waals surface area contributed by atoms with Crippen LogP contribution in [0.5, 0.6) is 0 Å². The lowest BCUT2D eigenvalue weighted by Gasteiger charge is -2.19. The van der Waals surface area contributed by atoms with Crippen molar-refractivity contribution in [1.82, 2.24) is 5.32 Å². The van der Waals surface area contributed by atoms with Gasteiger partial charge in [0.25, 0.3) is 5.91 Å². The maximum Gasteiger partial charge on any atom is 0.374 e. The van der Waals surface area contributed by atoms with Crippen LogP contribution in [0.15, 0.2) is 83.5 Å². The molecule has 0 saturated heterocycles.